The fourth-order valence-corrected chi connectivity index (χ4v) is 0.713. The Kier molecular flexibility index (Phi) is 1.73. The molecule has 47 valence electrons. The first-order valence-corrected chi connectivity index (χ1v) is 2.85. The van der Waals surface area contributed by atoms with Gasteiger partial charge in [-0.15, -0.1) is 0 Å². The number of aryl methyl sites for hydroxylation is 1. The van der Waals surface area contributed by atoms with Crippen LogP contribution in [0.5, 0.6) is 5.75 Å². The van der Waals surface area contributed by atoms with Gasteiger partial charge in [0.25, 0.3) is 0 Å². The van der Waals surface area contributed by atoms with Gasteiger partial charge in [-0.05, 0) is 24.6 Å². The molecule has 0 saturated carbocycles. The van der Waals surface area contributed by atoms with Crippen LogP contribution in [0.1, 0.15) is 5.56 Å². The van der Waals surface area contributed by atoms with Gasteiger partial charge in [0.1, 0.15) is 5.75 Å². The number of hydrogen-bond donors (Lipinski definition) is 0. The number of rotatable bonds is 1. The minimum Gasteiger partial charge on any atom is -0.496 e. The van der Waals surface area contributed by atoms with E-state index in [1.54, 1.807) is 7.11 Å². The molecular weight excluding hydrogens is 112 g/mol. The first-order valence-electron chi connectivity index (χ1n) is 2.85. The van der Waals surface area contributed by atoms with Crippen LogP contribution in [0.15, 0.2) is 18.2 Å². The normalized spacial score (nSPS) is 9.11. The van der Waals surface area contributed by atoms with Gasteiger partial charge < -0.3 is 4.74 Å². The summed E-state index contributed by atoms with van der Waals surface area (Å²) in [7, 11) is 1.66. The van der Waals surface area contributed by atoms with Gasteiger partial charge in [0.15, 0.2) is 0 Å². The molecule has 0 aromatic heterocycles. The Bertz CT molecular complexity index is 194. The standard InChI is InChI=1S/C8H9O/c1-7-5-3-4-6-8(7)9-2/h3,5-6H,1-2H3. The summed E-state index contributed by atoms with van der Waals surface area (Å²) in [6, 6.07) is 8.60. The molecule has 0 saturated heterocycles. The highest BCUT2D eigenvalue weighted by atomic mass is 16.5. The molecule has 0 bridgehead atoms. The van der Waals surface area contributed by atoms with Crippen molar-refractivity contribution in [3.8, 4) is 5.75 Å². The maximum atomic E-state index is 5.01. The van der Waals surface area contributed by atoms with Crippen molar-refractivity contribution in [3.63, 3.8) is 0 Å². The van der Waals surface area contributed by atoms with E-state index in [0.717, 1.165) is 11.3 Å². The molecule has 0 spiro atoms. The molecule has 1 rings (SSSR count). The summed E-state index contributed by atoms with van der Waals surface area (Å²) in [6.07, 6.45) is 0. The predicted molar refractivity (Wildman–Crippen MR) is 36.6 cm³/mol. The zero-order chi connectivity index (χ0) is 6.69. The Morgan fingerprint density at radius 3 is 2.78 bits per heavy atom. The van der Waals surface area contributed by atoms with Crippen LogP contribution >= 0.6 is 0 Å². The van der Waals surface area contributed by atoms with Crippen molar-refractivity contribution in [3.05, 3.63) is 29.8 Å². The molecule has 0 aliphatic heterocycles. The van der Waals surface area contributed by atoms with E-state index in [9.17, 15) is 0 Å². The maximum Gasteiger partial charge on any atom is 0.122 e. The third-order valence-corrected chi connectivity index (χ3v) is 1.25. The quantitative estimate of drug-likeness (QED) is 0.550. The van der Waals surface area contributed by atoms with E-state index in [2.05, 4.69) is 6.07 Å². The van der Waals surface area contributed by atoms with E-state index >= 15 is 0 Å². The number of hydrogen-bond acceptors (Lipinski definition) is 1. The molecule has 0 N–H and O–H groups in total. The van der Waals surface area contributed by atoms with Crippen molar-refractivity contribution in [2.75, 3.05) is 7.11 Å². The van der Waals surface area contributed by atoms with Gasteiger partial charge in [0, 0.05) is 0 Å². The van der Waals surface area contributed by atoms with E-state index < -0.39 is 0 Å². The molecule has 9 heavy (non-hydrogen) atoms. The summed E-state index contributed by atoms with van der Waals surface area (Å²) in [5, 5.41) is 0. The Labute approximate surface area is 55.3 Å². The van der Waals surface area contributed by atoms with Crippen LogP contribution in [-0.2, 0) is 0 Å². The predicted octanol–water partition coefficient (Wildman–Crippen LogP) is 1.80. The first kappa shape index (κ1) is 6.14. The third-order valence-electron chi connectivity index (χ3n) is 1.25. The number of benzene rings is 1. The Morgan fingerprint density at radius 1 is 1.56 bits per heavy atom. The lowest BCUT2D eigenvalue weighted by Crippen LogP contribution is -1.84. The second-order valence-corrected chi connectivity index (χ2v) is 1.90. The van der Waals surface area contributed by atoms with Crippen molar-refractivity contribution in [2.45, 2.75) is 6.92 Å². The zero-order valence-electron chi connectivity index (χ0n) is 5.64. The van der Waals surface area contributed by atoms with E-state index in [4.69, 9.17) is 4.74 Å². The van der Waals surface area contributed by atoms with Crippen LogP contribution in [0, 0.1) is 13.0 Å². The lowest BCUT2D eigenvalue weighted by molar-refractivity contribution is 0.411. The van der Waals surface area contributed by atoms with E-state index in [1.807, 2.05) is 25.1 Å². The largest absolute Gasteiger partial charge is 0.496 e. The molecule has 1 nitrogen and oxygen atoms in total. The molecule has 0 heterocycles. The summed E-state index contributed by atoms with van der Waals surface area (Å²) in [5.41, 5.74) is 1.15. The summed E-state index contributed by atoms with van der Waals surface area (Å²) in [5.74, 6) is 0.900. The molecule has 1 aromatic rings. The Hall–Kier alpha value is -0.980. The summed E-state index contributed by atoms with van der Waals surface area (Å²) >= 11 is 0. The molecule has 0 atom stereocenters. The average molecular weight is 121 g/mol. The molecular formula is C8H9O. The molecule has 0 fully saturated rings. The smallest absolute Gasteiger partial charge is 0.122 e. The van der Waals surface area contributed by atoms with Crippen molar-refractivity contribution in [1.82, 2.24) is 0 Å². The number of methoxy groups -OCH3 is 1. The molecule has 0 amide bonds. The van der Waals surface area contributed by atoms with Crippen molar-refractivity contribution in [1.29, 1.82) is 0 Å². The second kappa shape index (κ2) is 2.53. The van der Waals surface area contributed by atoms with Crippen molar-refractivity contribution >= 4 is 0 Å². The van der Waals surface area contributed by atoms with Crippen LogP contribution < -0.4 is 4.74 Å². The SMILES string of the molecule is COc1c[c]ccc1C. The van der Waals surface area contributed by atoms with Crippen molar-refractivity contribution in [2.24, 2.45) is 0 Å². The summed E-state index contributed by atoms with van der Waals surface area (Å²) in [4.78, 5) is 0. The highest BCUT2D eigenvalue weighted by Crippen LogP contribution is 2.13. The monoisotopic (exact) mass is 121 g/mol. The van der Waals surface area contributed by atoms with Gasteiger partial charge in [0.2, 0.25) is 0 Å². The Morgan fingerprint density at radius 2 is 2.33 bits per heavy atom. The molecule has 0 aliphatic rings. The van der Waals surface area contributed by atoms with Gasteiger partial charge in [0.05, 0.1) is 7.11 Å². The van der Waals surface area contributed by atoms with Crippen molar-refractivity contribution < 1.29 is 4.74 Å². The minimum absolute atomic E-state index is 0.900. The van der Waals surface area contributed by atoms with Crippen LogP contribution in [0.3, 0.4) is 0 Å². The van der Waals surface area contributed by atoms with E-state index in [0.29, 0.717) is 0 Å². The molecule has 1 heteroatoms. The highest BCUT2D eigenvalue weighted by molar-refractivity contribution is 5.30. The van der Waals surface area contributed by atoms with Gasteiger partial charge in [-0.2, -0.15) is 0 Å². The average Bonchev–Trinajstić information content (AvgIpc) is 1.89. The van der Waals surface area contributed by atoms with Gasteiger partial charge in [-0.25, -0.2) is 0 Å². The molecule has 0 aliphatic carbocycles. The van der Waals surface area contributed by atoms with Gasteiger partial charge in [-0.1, -0.05) is 12.1 Å². The van der Waals surface area contributed by atoms with Crippen LogP contribution in [0.4, 0.5) is 0 Å². The van der Waals surface area contributed by atoms with Crippen LogP contribution in [-0.4, -0.2) is 7.11 Å². The van der Waals surface area contributed by atoms with E-state index in [-0.39, 0.29) is 0 Å². The molecule has 1 aromatic carbocycles. The molecule has 0 unspecified atom stereocenters. The summed E-state index contributed by atoms with van der Waals surface area (Å²) < 4.78 is 5.01. The maximum absolute atomic E-state index is 5.01. The molecule has 1 radical (unpaired) electrons. The van der Waals surface area contributed by atoms with Gasteiger partial charge >= 0.3 is 0 Å². The second-order valence-electron chi connectivity index (χ2n) is 1.90. The summed E-state index contributed by atoms with van der Waals surface area (Å²) in [6.45, 7) is 2.01. The topological polar surface area (TPSA) is 9.23 Å². The fourth-order valence-electron chi connectivity index (χ4n) is 0.713. The first-order chi connectivity index (χ1) is 4.34. The Balaban J connectivity index is 3.01. The van der Waals surface area contributed by atoms with Crippen LogP contribution in [0.2, 0.25) is 0 Å². The van der Waals surface area contributed by atoms with Gasteiger partial charge in [-0.3, -0.25) is 0 Å². The number of ether oxygens (including phenoxy) is 1. The lowest BCUT2D eigenvalue weighted by Gasteiger charge is -2.00. The minimum atomic E-state index is 0.900. The highest BCUT2D eigenvalue weighted by Gasteiger charge is 1.91. The lowest BCUT2D eigenvalue weighted by atomic mass is 10.2. The zero-order valence-corrected chi connectivity index (χ0v) is 5.64. The van der Waals surface area contributed by atoms with E-state index in [1.165, 1.54) is 0 Å². The van der Waals surface area contributed by atoms with Crippen LogP contribution in [0.25, 0.3) is 0 Å². The fraction of sp³-hybridized carbons (Fsp3) is 0.250. The third kappa shape index (κ3) is 1.22.